The molecule has 0 spiro atoms. The molecule has 0 aromatic heterocycles. The molecule has 0 amide bonds. The molecule has 0 aromatic carbocycles. The highest BCUT2D eigenvalue weighted by Crippen LogP contribution is 2.30. The van der Waals surface area contributed by atoms with Gasteiger partial charge in [0.05, 0.1) is 5.92 Å². The fourth-order valence-corrected chi connectivity index (χ4v) is 3.84. The van der Waals surface area contributed by atoms with Crippen LogP contribution in [0.1, 0.15) is 125 Å². The van der Waals surface area contributed by atoms with Crippen LogP contribution in [0.4, 0.5) is 0 Å². The van der Waals surface area contributed by atoms with Gasteiger partial charge in [0.15, 0.2) is 0 Å². The molecule has 198 valence electrons. The van der Waals surface area contributed by atoms with Crippen molar-refractivity contribution in [2.45, 2.75) is 136 Å². The Bertz CT molecular complexity index is 497. The Morgan fingerprint density at radius 3 is 1.67 bits per heavy atom. The largest absolute Gasteiger partial charge is 0.481 e. The van der Waals surface area contributed by atoms with Crippen molar-refractivity contribution >= 4 is 5.97 Å². The number of hydrogen-bond acceptors (Lipinski definition) is 4. The fourth-order valence-electron chi connectivity index (χ4n) is 3.84. The van der Waals surface area contributed by atoms with Crippen LogP contribution >= 0.6 is 0 Å². The van der Waals surface area contributed by atoms with Gasteiger partial charge in [-0.05, 0) is 72.4 Å². The first-order valence-electron chi connectivity index (χ1n) is 13.3. The molecule has 0 radical (unpaired) electrons. The van der Waals surface area contributed by atoms with Crippen LogP contribution in [-0.2, 0) is 4.79 Å². The molecular weight excluding hydrogens is 414 g/mol. The van der Waals surface area contributed by atoms with Crippen LogP contribution in [0.2, 0.25) is 0 Å². The number of carboxylic acids is 1. The van der Waals surface area contributed by atoms with Gasteiger partial charge in [-0.3, -0.25) is 9.69 Å². The van der Waals surface area contributed by atoms with Crippen molar-refractivity contribution < 1.29 is 20.1 Å². The zero-order valence-corrected chi connectivity index (χ0v) is 23.2. The second-order valence-electron chi connectivity index (χ2n) is 10.8. The number of carbonyl (C=O) groups is 1. The maximum atomic E-state index is 10.6. The summed E-state index contributed by atoms with van der Waals surface area (Å²) < 4.78 is 0. The Kier molecular flexibility index (Phi) is 20.1. The van der Waals surface area contributed by atoms with Crippen LogP contribution in [0.5, 0.6) is 0 Å². The van der Waals surface area contributed by atoms with Gasteiger partial charge in [0, 0.05) is 0 Å². The smallest absolute Gasteiger partial charge is 0.306 e. The van der Waals surface area contributed by atoms with E-state index in [4.69, 9.17) is 5.11 Å². The molecule has 0 aromatic rings. The molecule has 0 saturated carbocycles. The van der Waals surface area contributed by atoms with Crippen molar-refractivity contribution in [2.24, 2.45) is 11.8 Å². The molecule has 0 aliphatic heterocycles. The molecule has 2 atom stereocenters. The lowest BCUT2D eigenvalue weighted by molar-refractivity contribution is -0.213. The minimum absolute atomic E-state index is 0.182. The Morgan fingerprint density at radius 1 is 0.848 bits per heavy atom. The minimum Gasteiger partial charge on any atom is -0.481 e. The second kappa shape index (κ2) is 19.4. The monoisotopic (exact) mass is 471 g/mol. The van der Waals surface area contributed by atoms with Gasteiger partial charge < -0.3 is 15.3 Å². The first kappa shape index (κ1) is 34.3. The van der Waals surface area contributed by atoms with E-state index in [1.807, 2.05) is 13.8 Å². The number of carboxylic acid groups (broad SMARTS) is 1. The van der Waals surface area contributed by atoms with E-state index < -0.39 is 17.3 Å². The van der Waals surface area contributed by atoms with Gasteiger partial charge in [-0.15, -0.1) is 0 Å². The average molecular weight is 472 g/mol. The predicted octanol–water partition coefficient (Wildman–Crippen LogP) is 7.02. The van der Waals surface area contributed by atoms with Crippen LogP contribution in [0.25, 0.3) is 0 Å². The summed E-state index contributed by atoms with van der Waals surface area (Å²) in [7, 11) is 3.56. The third-order valence-electron chi connectivity index (χ3n) is 6.23. The van der Waals surface area contributed by atoms with Crippen molar-refractivity contribution in [3.63, 3.8) is 0 Å². The third-order valence-corrected chi connectivity index (χ3v) is 6.23. The number of aliphatic hydroxyl groups is 2. The molecule has 0 rings (SSSR count). The van der Waals surface area contributed by atoms with Crippen LogP contribution in [0.15, 0.2) is 12.2 Å². The number of likely N-dealkylation sites (N-methyl/N-ethyl adjacent to an activating group) is 1. The normalized spacial score (nSPS) is 14.9. The van der Waals surface area contributed by atoms with Crippen LogP contribution in [-0.4, -0.2) is 51.6 Å². The number of rotatable bonds is 18. The fraction of sp³-hybridized carbons (Fsp3) is 0.893. The Hall–Kier alpha value is -0.910. The van der Waals surface area contributed by atoms with Crippen molar-refractivity contribution in [3.8, 4) is 0 Å². The Morgan fingerprint density at radius 2 is 1.30 bits per heavy atom. The zero-order valence-electron chi connectivity index (χ0n) is 23.2. The number of hydrogen-bond donors (Lipinski definition) is 3. The van der Waals surface area contributed by atoms with Crippen molar-refractivity contribution in [3.05, 3.63) is 12.2 Å². The van der Waals surface area contributed by atoms with E-state index in [0.29, 0.717) is 12.3 Å². The van der Waals surface area contributed by atoms with E-state index in [1.165, 1.54) is 51.4 Å². The van der Waals surface area contributed by atoms with Crippen molar-refractivity contribution in [1.29, 1.82) is 0 Å². The highest BCUT2D eigenvalue weighted by Gasteiger charge is 2.44. The molecule has 2 unspecified atom stereocenters. The standard InChI is InChI=1S/C18H34O2.C10H23NO2/c1-3-4-5-6-7-8-9-10-11-12-13-14-15-16-17(2)18(19)20;1-8(2)7-10(13,11(5)6)9(3,4)12/h10-11,17H,3-9,12-16H2,1-2H3,(H,19,20);8,12-13H,7H2,1-6H3. The molecule has 3 N–H and O–H groups in total. The van der Waals surface area contributed by atoms with E-state index in [9.17, 15) is 15.0 Å². The van der Waals surface area contributed by atoms with Gasteiger partial charge in [-0.25, -0.2) is 0 Å². The summed E-state index contributed by atoms with van der Waals surface area (Å²) in [6.07, 6.45) is 20.0. The quantitative estimate of drug-likeness (QED) is 0.114. The first-order chi connectivity index (χ1) is 15.3. The molecule has 5 nitrogen and oxygen atoms in total. The second-order valence-corrected chi connectivity index (χ2v) is 10.8. The molecular formula is C28H57NO4. The summed E-state index contributed by atoms with van der Waals surface area (Å²) >= 11 is 0. The lowest BCUT2D eigenvalue weighted by atomic mass is 9.86. The Balaban J connectivity index is 0. The summed E-state index contributed by atoms with van der Waals surface area (Å²) in [6.45, 7) is 11.4. The summed E-state index contributed by atoms with van der Waals surface area (Å²) in [5, 5.41) is 28.9. The van der Waals surface area contributed by atoms with Gasteiger partial charge in [-0.1, -0.05) is 84.8 Å². The molecule has 0 bridgehead atoms. The minimum atomic E-state index is -1.15. The molecule has 5 heteroatoms. The summed E-state index contributed by atoms with van der Waals surface area (Å²) in [5.41, 5.74) is -2.26. The first-order valence-corrected chi connectivity index (χ1v) is 13.3. The maximum absolute atomic E-state index is 10.6. The van der Waals surface area contributed by atoms with Gasteiger partial charge in [0.2, 0.25) is 0 Å². The topological polar surface area (TPSA) is 81.0 Å². The number of aliphatic carboxylic acids is 1. The Labute approximate surface area is 205 Å². The number of unbranched alkanes of at least 4 members (excludes halogenated alkanes) is 9. The SMILES string of the molecule is CC(C)CC(O)(N(C)C)C(C)(C)O.CCCCCCCCC=CCCCCCC(C)C(=O)O. The summed E-state index contributed by atoms with van der Waals surface area (Å²) in [4.78, 5) is 12.3. The van der Waals surface area contributed by atoms with E-state index in [1.54, 1.807) is 39.8 Å². The molecule has 0 aliphatic rings. The van der Waals surface area contributed by atoms with Crippen molar-refractivity contribution in [2.75, 3.05) is 14.1 Å². The summed E-state index contributed by atoms with van der Waals surface area (Å²) in [5.74, 6) is -0.499. The highest BCUT2D eigenvalue weighted by molar-refractivity contribution is 5.69. The van der Waals surface area contributed by atoms with Gasteiger partial charge >= 0.3 is 5.97 Å². The van der Waals surface area contributed by atoms with Gasteiger partial charge in [0.1, 0.15) is 11.3 Å². The lowest BCUT2D eigenvalue weighted by Crippen LogP contribution is -2.60. The lowest BCUT2D eigenvalue weighted by Gasteiger charge is -2.44. The predicted molar refractivity (Wildman–Crippen MR) is 141 cm³/mol. The van der Waals surface area contributed by atoms with Gasteiger partial charge in [0.25, 0.3) is 0 Å². The van der Waals surface area contributed by atoms with E-state index in [-0.39, 0.29) is 5.92 Å². The molecule has 0 fully saturated rings. The van der Waals surface area contributed by atoms with E-state index in [0.717, 1.165) is 25.7 Å². The highest BCUT2D eigenvalue weighted by atomic mass is 16.4. The molecule has 33 heavy (non-hydrogen) atoms. The number of allylic oxidation sites excluding steroid dienone is 2. The van der Waals surface area contributed by atoms with E-state index >= 15 is 0 Å². The maximum Gasteiger partial charge on any atom is 0.306 e. The van der Waals surface area contributed by atoms with Crippen LogP contribution in [0.3, 0.4) is 0 Å². The van der Waals surface area contributed by atoms with Crippen LogP contribution in [0, 0.1) is 11.8 Å². The van der Waals surface area contributed by atoms with Crippen LogP contribution < -0.4 is 0 Å². The van der Waals surface area contributed by atoms with E-state index in [2.05, 4.69) is 19.1 Å². The molecule has 0 heterocycles. The number of nitrogens with zero attached hydrogens (tertiary/aromatic N) is 1. The third kappa shape index (κ3) is 18.1. The zero-order chi connectivity index (χ0) is 25.9. The average Bonchev–Trinajstić information content (AvgIpc) is 2.70. The molecule has 0 aliphatic carbocycles. The molecule has 0 saturated heterocycles. The van der Waals surface area contributed by atoms with Gasteiger partial charge in [-0.2, -0.15) is 0 Å². The van der Waals surface area contributed by atoms with Crippen molar-refractivity contribution in [1.82, 2.24) is 4.90 Å². The summed E-state index contributed by atoms with van der Waals surface area (Å²) in [6, 6.07) is 0.